The van der Waals surface area contributed by atoms with Crippen LogP contribution in [0.4, 0.5) is 22.0 Å². The van der Waals surface area contributed by atoms with E-state index in [0.29, 0.717) is 11.1 Å². The van der Waals surface area contributed by atoms with E-state index in [1.54, 1.807) is 6.92 Å². The third-order valence-corrected chi connectivity index (χ3v) is 2.77. The van der Waals surface area contributed by atoms with Gasteiger partial charge in [0, 0.05) is 0 Å². The molecule has 0 saturated carbocycles. The Morgan fingerprint density at radius 2 is 1.63 bits per heavy atom. The molecule has 1 aromatic rings. The second-order valence-electron chi connectivity index (χ2n) is 3.99. The van der Waals surface area contributed by atoms with E-state index >= 15 is 0 Å². The topological polar surface area (TPSA) is 26.3 Å². The maximum absolute atomic E-state index is 13.0. The van der Waals surface area contributed by atoms with Gasteiger partial charge in [-0.2, -0.15) is 22.0 Å². The third kappa shape index (κ3) is 2.54. The molecule has 0 aliphatic carbocycles. The van der Waals surface area contributed by atoms with Gasteiger partial charge in [0.25, 0.3) is 0 Å². The van der Waals surface area contributed by atoms with E-state index in [1.807, 2.05) is 0 Å². The molecule has 1 rings (SSSR count). The van der Waals surface area contributed by atoms with Crippen molar-refractivity contribution < 1.29 is 31.5 Å². The lowest BCUT2D eigenvalue weighted by atomic mass is 9.98. The monoisotopic (exact) mass is 282 g/mol. The van der Waals surface area contributed by atoms with Crippen molar-refractivity contribution in [2.24, 2.45) is 0 Å². The highest BCUT2D eigenvalue weighted by Crippen LogP contribution is 2.40. The molecule has 0 amide bonds. The van der Waals surface area contributed by atoms with Crippen LogP contribution in [0.2, 0.25) is 0 Å². The van der Waals surface area contributed by atoms with Gasteiger partial charge in [0.15, 0.2) is 0 Å². The van der Waals surface area contributed by atoms with Crippen LogP contribution in [-0.4, -0.2) is 25.0 Å². The zero-order valence-electron chi connectivity index (χ0n) is 10.4. The normalized spacial score (nSPS) is 12.4. The van der Waals surface area contributed by atoms with Crippen molar-refractivity contribution in [2.75, 3.05) is 7.11 Å². The number of benzene rings is 1. The number of alkyl halides is 5. The van der Waals surface area contributed by atoms with Gasteiger partial charge in [-0.25, -0.2) is 0 Å². The van der Waals surface area contributed by atoms with Crippen LogP contribution in [0.3, 0.4) is 0 Å². The fourth-order valence-corrected chi connectivity index (χ4v) is 1.53. The summed E-state index contributed by atoms with van der Waals surface area (Å²) in [7, 11) is 1.10. The van der Waals surface area contributed by atoms with Gasteiger partial charge < -0.3 is 4.74 Å². The standard InChI is InChI=1S/C12H11F5O2/c1-6-4-5-8(9(19-3)7(6)2)10(18)11(13,14)12(15,16)17/h4-5H,1-3H3. The van der Waals surface area contributed by atoms with Crippen LogP contribution in [0.15, 0.2) is 12.1 Å². The molecule has 0 atom stereocenters. The first-order valence-electron chi connectivity index (χ1n) is 5.17. The molecule has 0 spiro atoms. The second-order valence-corrected chi connectivity index (χ2v) is 3.99. The van der Waals surface area contributed by atoms with Crippen molar-refractivity contribution in [3.05, 3.63) is 28.8 Å². The molecule has 19 heavy (non-hydrogen) atoms. The average Bonchev–Trinajstić information content (AvgIpc) is 2.30. The maximum Gasteiger partial charge on any atom is 0.461 e. The van der Waals surface area contributed by atoms with E-state index in [4.69, 9.17) is 4.74 Å². The fourth-order valence-electron chi connectivity index (χ4n) is 1.53. The van der Waals surface area contributed by atoms with E-state index in [-0.39, 0.29) is 5.75 Å². The highest BCUT2D eigenvalue weighted by molar-refractivity contribution is 6.04. The van der Waals surface area contributed by atoms with Crippen molar-refractivity contribution in [2.45, 2.75) is 25.9 Å². The Labute approximate surface area is 106 Å². The number of hydrogen-bond acceptors (Lipinski definition) is 2. The van der Waals surface area contributed by atoms with Crippen molar-refractivity contribution in [3.63, 3.8) is 0 Å². The first-order valence-corrected chi connectivity index (χ1v) is 5.17. The van der Waals surface area contributed by atoms with E-state index in [0.717, 1.165) is 13.2 Å². The summed E-state index contributed by atoms with van der Waals surface area (Å²) in [6.07, 6.45) is -5.94. The SMILES string of the molecule is COc1c(C(=O)C(F)(F)C(F)(F)F)ccc(C)c1C. The summed E-state index contributed by atoms with van der Waals surface area (Å²) >= 11 is 0. The molecule has 0 heterocycles. The number of halogens is 5. The molecule has 0 N–H and O–H groups in total. The molecule has 0 unspecified atom stereocenters. The zero-order valence-corrected chi connectivity index (χ0v) is 10.4. The average molecular weight is 282 g/mol. The van der Waals surface area contributed by atoms with Crippen LogP contribution >= 0.6 is 0 Å². The molecule has 0 radical (unpaired) electrons. The maximum atomic E-state index is 13.0. The number of carbonyl (C=O) groups is 1. The van der Waals surface area contributed by atoms with Crippen LogP contribution < -0.4 is 4.74 Å². The first kappa shape index (κ1) is 15.4. The van der Waals surface area contributed by atoms with Crippen molar-refractivity contribution in [1.29, 1.82) is 0 Å². The Morgan fingerprint density at radius 3 is 2.05 bits per heavy atom. The van der Waals surface area contributed by atoms with Crippen LogP contribution in [-0.2, 0) is 0 Å². The van der Waals surface area contributed by atoms with Crippen LogP contribution in [0.25, 0.3) is 0 Å². The Hall–Kier alpha value is -1.66. The summed E-state index contributed by atoms with van der Waals surface area (Å²) in [6, 6.07) is 2.20. The van der Waals surface area contributed by atoms with Gasteiger partial charge in [0.1, 0.15) is 5.75 Å². The summed E-state index contributed by atoms with van der Waals surface area (Å²) < 4.78 is 67.3. The molecule has 0 aliphatic rings. The Balaban J connectivity index is 3.40. The number of aryl methyl sites for hydroxylation is 1. The molecule has 0 aliphatic heterocycles. The van der Waals surface area contributed by atoms with Gasteiger partial charge in [0.05, 0.1) is 12.7 Å². The first-order chi connectivity index (χ1) is 8.54. The number of rotatable bonds is 3. The summed E-state index contributed by atoms with van der Waals surface area (Å²) in [5.74, 6) is -8.03. The molecule has 2 nitrogen and oxygen atoms in total. The van der Waals surface area contributed by atoms with Crippen LogP contribution in [0.5, 0.6) is 5.75 Å². The summed E-state index contributed by atoms with van der Waals surface area (Å²) in [5.41, 5.74) is 0.169. The molecule has 0 bridgehead atoms. The lowest BCUT2D eigenvalue weighted by Crippen LogP contribution is -2.44. The molecular formula is C12H11F5O2. The molecular weight excluding hydrogens is 271 g/mol. The fraction of sp³-hybridized carbons (Fsp3) is 0.417. The molecule has 0 fully saturated rings. The predicted molar refractivity (Wildman–Crippen MR) is 57.8 cm³/mol. The highest BCUT2D eigenvalue weighted by Gasteiger charge is 2.63. The van der Waals surface area contributed by atoms with Crippen molar-refractivity contribution in [3.8, 4) is 5.75 Å². The number of methoxy groups -OCH3 is 1. The predicted octanol–water partition coefficient (Wildman–Crippen LogP) is 3.69. The second kappa shape index (κ2) is 4.79. The summed E-state index contributed by atoms with van der Waals surface area (Å²) in [5, 5.41) is 0. The Kier molecular flexibility index (Phi) is 3.88. The molecule has 7 heteroatoms. The Bertz CT molecular complexity index is 506. The van der Waals surface area contributed by atoms with E-state index in [1.165, 1.54) is 13.0 Å². The highest BCUT2D eigenvalue weighted by atomic mass is 19.4. The Morgan fingerprint density at radius 1 is 1.11 bits per heavy atom. The van der Waals surface area contributed by atoms with Crippen LogP contribution in [0.1, 0.15) is 21.5 Å². The number of Topliss-reactive ketones (excluding diaryl/α,β-unsaturated/α-hetero) is 1. The summed E-state index contributed by atoms with van der Waals surface area (Å²) in [6.45, 7) is 3.09. The van der Waals surface area contributed by atoms with Gasteiger partial charge >= 0.3 is 12.1 Å². The summed E-state index contributed by atoms with van der Waals surface area (Å²) in [4.78, 5) is 11.4. The number of ketones is 1. The van der Waals surface area contributed by atoms with E-state index in [2.05, 4.69) is 0 Å². The zero-order chi connectivity index (χ0) is 15.0. The van der Waals surface area contributed by atoms with Crippen molar-refractivity contribution in [1.82, 2.24) is 0 Å². The van der Waals surface area contributed by atoms with Gasteiger partial charge in [-0.3, -0.25) is 4.79 Å². The minimum Gasteiger partial charge on any atom is -0.496 e. The largest absolute Gasteiger partial charge is 0.496 e. The lowest BCUT2D eigenvalue weighted by Gasteiger charge is -2.20. The van der Waals surface area contributed by atoms with Gasteiger partial charge in [0.2, 0.25) is 5.78 Å². The van der Waals surface area contributed by atoms with Gasteiger partial charge in [-0.05, 0) is 31.0 Å². The molecule has 0 saturated heterocycles. The lowest BCUT2D eigenvalue weighted by molar-refractivity contribution is -0.255. The number of carbonyl (C=O) groups excluding carboxylic acids is 1. The molecule has 0 aromatic heterocycles. The van der Waals surface area contributed by atoms with E-state index < -0.39 is 23.4 Å². The molecule has 106 valence electrons. The number of ether oxygens (including phenoxy) is 1. The quantitative estimate of drug-likeness (QED) is 0.624. The third-order valence-electron chi connectivity index (χ3n) is 2.77. The van der Waals surface area contributed by atoms with Crippen LogP contribution in [0, 0.1) is 13.8 Å². The van der Waals surface area contributed by atoms with Crippen molar-refractivity contribution >= 4 is 5.78 Å². The molecule has 1 aromatic carbocycles. The minimum absolute atomic E-state index is 0.270. The smallest absolute Gasteiger partial charge is 0.461 e. The minimum atomic E-state index is -5.94. The van der Waals surface area contributed by atoms with E-state index in [9.17, 15) is 26.7 Å². The van der Waals surface area contributed by atoms with Gasteiger partial charge in [-0.1, -0.05) is 6.07 Å². The van der Waals surface area contributed by atoms with Gasteiger partial charge in [-0.15, -0.1) is 0 Å². The number of hydrogen-bond donors (Lipinski definition) is 0.